The number of aromatic nitrogens is 2. The average molecular weight is 290 g/mol. The molecule has 0 aromatic carbocycles. The molecule has 0 bridgehead atoms. The van der Waals surface area contributed by atoms with E-state index in [1.165, 1.54) is 0 Å². The highest BCUT2D eigenvalue weighted by molar-refractivity contribution is 5.97. The summed E-state index contributed by atoms with van der Waals surface area (Å²) in [4.78, 5) is 23.6. The molecule has 1 amide bonds. The average Bonchev–Trinajstić information content (AvgIpc) is 2.79. The van der Waals surface area contributed by atoms with Gasteiger partial charge < -0.3 is 10.2 Å². The van der Waals surface area contributed by atoms with Crippen molar-refractivity contribution in [3.05, 3.63) is 17.7 Å². The first-order valence-corrected chi connectivity index (χ1v) is 7.74. The Bertz CT molecular complexity index is 525. The van der Waals surface area contributed by atoms with Gasteiger partial charge in [-0.2, -0.15) is 0 Å². The number of likely N-dealkylation sites (tertiary alicyclic amines) is 1. The predicted molar refractivity (Wildman–Crippen MR) is 84.6 cm³/mol. The molecule has 1 aromatic heterocycles. The molecule has 0 unspecified atom stereocenters. The fraction of sp³-hybridized carbons (Fsp3) is 0.688. The fourth-order valence-electron chi connectivity index (χ4n) is 2.59. The first kappa shape index (κ1) is 15.7. The summed E-state index contributed by atoms with van der Waals surface area (Å²) < 4.78 is 0. The van der Waals surface area contributed by atoms with Gasteiger partial charge in [0.1, 0.15) is 5.82 Å². The molecule has 21 heavy (non-hydrogen) atoms. The summed E-state index contributed by atoms with van der Waals surface area (Å²) in [5.41, 5.74) is 1.44. The number of nitrogens with one attached hydrogen (secondary N) is 1. The minimum atomic E-state index is 0.0147. The maximum atomic E-state index is 12.8. The molecule has 2 heterocycles. The van der Waals surface area contributed by atoms with Crippen LogP contribution in [0.15, 0.2) is 6.20 Å². The molecule has 1 aliphatic heterocycles. The van der Waals surface area contributed by atoms with E-state index in [-0.39, 0.29) is 17.2 Å². The molecule has 0 spiro atoms. The highest BCUT2D eigenvalue weighted by Gasteiger charge is 2.34. The van der Waals surface area contributed by atoms with Crippen LogP contribution in [-0.4, -0.2) is 40.4 Å². The van der Waals surface area contributed by atoms with E-state index in [2.05, 4.69) is 29.1 Å². The van der Waals surface area contributed by atoms with Gasteiger partial charge in [0, 0.05) is 25.6 Å². The lowest BCUT2D eigenvalue weighted by Gasteiger charge is -2.21. The molecule has 2 rings (SSSR count). The molecule has 1 aliphatic rings. The molecule has 1 saturated heterocycles. The van der Waals surface area contributed by atoms with E-state index >= 15 is 0 Å². The highest BCUT2D eigenvalue weighted by Crippen LogP contribution is 2.30. The SMILES string of the molecule is CCNc1cnc(C(C)C)nc1C(=O)N1CCC(C)(C)C1. The quantitative estimate of drug-likeness (QED) is 0.926. The summed E-state index contributed by atoms with van der Waals surface area (Å²) in [6, 6.07) is 0. The van der Waals surface area contributed by atoms with Crippen molar-refractivity contribution >= 4 is 11.6 Å². The smallest absolute Gasteiger partial charge is 0.274 e. The Kier molecular flexibility index (Phi) is 4.49. The van der Waals surface area contributed by atoms with Crippen molar-refractivity contribution in [2.45, 2.75) is 47.0 Å². The number of hydrogen-bond acceptors (Lipinski definition) is 4. The van der Waals surface area contributed by atoms with Gasteiger partial charge in [-0.25, -0.2) is 9.97 Å². The van der Waals surface area contributed by atoms with E-state index in [0.717, 1.165) is 37.6 Å². The summed E-state index contributed by atoms with van der Waals surface area (Å²) >= 11 is 0. The maximum absolute atomic E-state index is 12.8. The van der Waals surface area contributed by atoms with Gasteiger partial charge in [-0.05, 0) is 18.8 Å². The zero-order valence-electron chi connectivity index (χ0n) is 13.7. The minimum absolute atomic E-state index is 0.0147. The van der Waals surface area contributed by atoms with Crippen LogP contribution in [0.5, 0.6) is 0 Å². The molecule has 0 radical (unpaired) electrons. The van der Waals surface area contributed by atoms with Crippen LogP contribution in [0.2, 0.25) is 0 Å². The molecule has 116 valence electrons. The number of carbonyl (C=O) groups is 1. The lowest BCUT2D eigenvalue weighted by Crippen LogP contribution is -2.32. The van der Waals surface area contributed by atoms with E-state index in [1.54, 1.807) is 6.20 Å². The van der Waals surface area contributed by atoms with Crippen molar-refractivity contribution in [3.8, 4) is 0 Å². The second-order valence-corrected chi connectivity index (χ2v) is 6.82. The Morgan fingerprint density at radius 2 is 2.19 bits per heavy atom. The van der Waals surface area contributed by atoms with Gasteiger partial charge in [0.05, 0.1) is 11.9 Å². The van der Waals surface area contributed by atoms with Crippen molar-refractivity contribution < 1.29 is 4.79 Å². The van der Waals surface area contributed by atoms with Crippen LogP contribution in [0.1, 0.15) is 63.3 Å². The van der Waals surface area contributed by atoms with Gasteiger partial charge in [-0.1, -0.05) is 27.7 Å². The van der Waals surface area contributed by atoms with Crippen LogP contribution >= 0.6 is 0 Å². The zero-order chi connectivity index (χ0) is 15.6. The molecule has 1 N–H and O–H groups in total. The van der Waals surface area contributed by atoms with E-state index in [9.17, 15) is 4.79 Å². The van der Waals surface area contributed by atoms with E-state index in [0.29, 0.717) is 5.69 Å². The molecule has 1 fully saturated rings. The number of carbonyl (C=O) groups excluding carboxylic acids is 1. The van der Waals surface area contributed by atoms with Crippen molar-refractivity contribution in [2.24, 2.45) is 5.41 Å². The number of rotatable bonds is 4. The molecule has 5 nitrogen and oxygen atoms in total. The zero-order valence-corrected chi connectivity index (χ0v) is 13.7. The summed E-state index contributed by atoms with van der Waals surface area (Å²) in [7, 11) is 0. The molecular weight excluding hydrogens is 264 g/mol. The van der Waals surface area contributed by atoms with Crippen LogP contribution in [0.4, 0.5) is 5.69 Å². The third-order valence-electron chi connectivity index (χ3n) is 3.86. The third-order valence-corrected chi connectivity index (χ3v) is 3.86. The van der Waals surface area contributed by atoms with Gasteiger partial charge in [-0.15, -0.1) is 0 Å². The summed E-state index contributed by atoms with van der Waals surface area (Å²) in [6.45, 7) is 12.8. The van der Waals surface area contributed by atoms with Crippen LogP contribution in [0.25, 0.3) is 0 Å². The Labute approximate surface area is 127 Å². The van der Waals surface area contributed by atoms with Crippen molar-refractivity contribution in [1.82, 2.24) is 14.9 Å². The van der Waals surface area contributed by atoms with Gasteiger partial charge in [0.2, 0.25) is 0 Å². The lowest BCUT2D eigenvalue weighted by atomic mass is 9.93. The molecule has 0 aliphatic carbocycles. The summed E-state index contributed by atoms with van der Waals surface area (Å²) in [6.07, 6.45) is 2.78. The number of nitrogens with zero attached hydrogens (tertiary/aromatic N) is 3. The van der Waals surface area contributed by atoms with Crippen molar-refractivity contribution in [1.29, 1.82) is 0 Å². The largest absolute Gasteiger partial charge is 0.382 e. The van der Waals surface area contributed by atoms with Gasteiger partial charge in [-0.3, -0.25) is 4.79 Å². The van der Waals surface area contributed by atoms with Crippen LogP contribution in [0, 0.1) is 5.41 Å². The fourth-order valence-corrected chi connectivity index (χ4v) is 2.59. The topological polar surface area (TPSA) is 58.1 Å². The second-order valence-electron chi connectivity index (χ2n) is 6.82. The Morgan fingerprint density at radius 1 is 1.48 bits per heavy atom. The molecule has 5 heteroatoms. The van der Waals surface area contributed by atoms with E-state index < -0.39 is 0 Å². The van der Waals surface area contributed by atoms with E-state index in [4.69, 9.17) is 0 Å². The van der Waals surface area contributed by atoms with E-state index in [1.807, 2.05) is 25.7 Å². The van der Waals surface area contributed by atoms with Crippen LogP contribution in [0.3, 0.4) is 0 Å². The third kappa shape index (κ3) is 3.52. The van der Waals surface area contributed by atoms with Crippen LogP contribution < -0.4 is 5.32 Å². The molecular formula is C16H26N4O. The van der Waals surface area contributed by atoms with Crippen molar-refractivity contribution in [2.75, 3.05) is 25.0 Å². The first-order valence-electron chi connectivity index (χ1n) is 7.74. The van der Waals surface area contributed by atoms with Gasteiger partial charge in [0.25, 0.3) is 5.91 Å². The normalized spacial score (nSPS) is 17.3. The maximum Gasteiger partial charge on any atom is 0.274 e. The predicted octanol–water partition coefficient (Wildman–Crippen LogP) is 2.90. The van der Waals surface area contributed by atoms with Gasteiger partial charge >= 0.3 is 0 Å². The number of hydrogen-bond donors (Lipinski definition) is 1. The lowest BCUT2D eigenvalue weighted by molar-refractivity contribution is 0.0773. The molecule has 1 aromatic rings. The number of amides is 1. The molecule has 0 saturated carbocycles. The highest BCUT2D eigenvalue weighted by atomic mass is 16.2. The Hall–Kier alpha value is -1.65. The second kappa shape index (κ2) is 6.00. The van der Waals surface area contributed by atoms with Gasteiger partial charge in [0.15, 0.2) is 5.69 Å². The Balaban J connectivity index is 2.31. The van der Waals surface area contributed by atoms with Crippen molar-refractivity contribution in [3.63, 3.8) is 0 Å². The standard InChI is InChI=1S/C16H26N4O/c1-6-17-12-9-18-14(11(2)3)19-13(12)15(21)20-8-7-16(4,5)10-20/h9,11,17H,6-8,10H2,1-5H3. The monoisotopic (exact) mass is 290 g/mol. The number of anilines is 1. The first-order chi connectivity index (χ1) is 9.84. The molecule has 0 atom stereocenters. The summed E-state index contributed by atoms with van der Waals surface area (Å²) in [5, 5.41) is 3.19. The minimum Gasteiger partial charge on any atom is -0.382 e. The summed E-state index contributed by atoms with van der Waals surface area (Å²) in [5.74, 6) is 0.946. The van der Waals surface area contributed by atoms with Crippen LogP contribution in [-0.2, 0) is 0 Å². The Morgan fingerprint density at radius 3 is 2.71 bits per heavy atom.